The van der Waals surface area contributed by atoms with Crippen LogP contribution in [-0.2, 0) is 16.6 Å². The minimum Gasteiger partial charge on any atom is -0.268 e. The highest BCUT2D eigenvalue weighted by Gasteiger charge is 2.04. The van der Waals surface area contributed by atoms with E-state index < -0.39 is 10.0 Å². The molecule has 2 aromatic rings. The van der Waals surface area contributed by atoms with Gasteiger partial charge >= 0.3 is 0 Å². The predicted octanol–water partition coefficient (Wildman–Crippen LogP) is 1.53. The van der Waals surface area contributed by atoms with Gasteiger partial charge in [0.2, 0.25) is 10.0 Å². The number of sulfonamides is 1. The maximum atomic E-state index is 11.9. The molecular formula is C16H19N3O3S. The van der Waals surface area contributed by atoms with Crippen molar-refractivity contribution in [1.82, 2.24) is 14.5 Å². The molecule has 122 valence electrons. The highest BCUT2D eigenvalue weighted by Crippen LogP contribution is 2.06. The third-order valence-electron chi connectivity index (χ3n) is 3.15. The van der Waals surface area contributed by atoms with Crippen molar-refractivity contribution in [3.8, 4) is 0 Å². The molecule has 0 aliphatic rings. The number of aromatic nitrogens is 2. The van der Waals surface area contributed by atoms with Gasteiger partial charge < -0.3 is 0 Å². The molecule has 6 nitrogen and oxygen atoms in total. The van der Waals surface area contributed by atoms with Crippen LogP contribution in [-0.4, -0.2) is 24.7 Å². The molecule has 1 aromatic carbocycles. The second kappa shape index (κ2) is 7.85. The smallest absolute Gasteiger partial charge is 0.266 e. The van der Waals surface area contributed by atoms with E-state index in [0.29, 0.717) is 13.0 Å². The zero-order chi connectivity index (χ0) is 16.7. The van der Waals surface area contributed by atoms with Crippen molar-refractivity contribution >= 4 is 16.1 Å². The lowest BCUT2D eigenvalue weighted by molar-refractivity contribution is 0.537. The monoisotopic (exact) mass is 333 g/mol. The molecule has 0 atom stereocenters. The molecule has 0 aliphatic heterocycles. The van der Waals surface area contributed by atoms with Gasteiger partial charge in [-0.2, -0.15) is 5.10 Å². The number of nitrogens with zero attached hydrogens (tertiary/aromatic N) is 2. The predicted molar refractivity (Wildman–Crippen MR) is 90.2 cm³/mol. The molecule has 23 heavy (non-hydrogen) atoms. The number of nitrogens with one attached hydrogen (secondary N) is 1. The van der Waals surface area contributed by atoms with Crippen molar-refractivity contribution in [2.75, 3.05) is 6.54 Å². The summed E-state index contributed by atoms with van der Waals surface area (Å²) in [4.78, 5) is 11.4. The Morgan fingerprint density at radius 3 is 2.65 bits per heavy atom. The first-order valence-corrected chi connectivity index (χ1v) is 8.77. The van der Waals surface area contributed by atoms with Gasteiger partial charge in [-0.25, -0.2) is 17.8 Å². The number of rotatable bonds is 7. The molecule has 2 rings (SSSR count). The minimum absolute atomic E-state index is 0.199. The summed E-state index contributed by atoms with van der Waals surface area (Å²) in [5, 5.41) is 5.05. The van der Waals surface area contributed by atoms with Gasteiger partial charge in [-0.1, -0.05) is 29.8 Å². The molecule has 1 heterocycles. The Kier molecular flexibility index (Phi) is 5.84. The molecule has 0 fully saturated rings. The largest absolute Gasteiger partial charge is 0.268 e. The Hall–Kier alpha value is -2.25. The average molecular weight is 333 g/mol. The van der Waals surface area contributed by atoms with Crippen LogP contribution in [0, 0.1) is 6.92 Å². The van der Waals surface area contributed by atoms with E-state index >= 15 is 0 Å². The Morgan fingerprint density at radius 1 is 1.22 bits per heavy atom. The normalized spacial score (nSPS) is 11.9. The zero-order valence-corrected chi connectivity index (χ0v) is 13.7. The quantitative estimate of drug-likeness (QED) is 0.779. The standard InChI is InChI=1S/C16H19N3O3S/c1-14-5-7-15(8-6-14)9-13-23(21,22)18-11-3-12-19-16(20)4-2-10-17-19/h2,4-10,13,18H,3,11-12H2,1H3. The van der Waals surface area contributed by atoms with E-state index in [9.17, 15) is 13.2 Å². The summed E-state index contributed by atoms with van der Waals surface area (Å²) in [6.45, 7) is 2.58. The third kappa shape index (κ3) is 5.80. The van der Waals surface area contributed by atoms with E-state index in [1.807, 2.05) is 31.2 Å². The first-order valence-electron chi connectivity index (χ1n) is 7.23. The van der Waals surface area contributed by atoms with Gasteiger partial charge in [0.15, 0.2) is 0 Å². The maximum absolute atomic E-state index is 11.9. The first-order chi connectivity index (χ1) is 11.0. The van der Waals surface area contributed by atoms with Gasteiger partial charge in [0.05, 0.1) is 0 Å². The Bertz CT molecular complexity index is 824. The average Bonchev–Trinajstić information content (AvgIpc) is 2.53. The topological polar surface area (TPSA) is 81.1 Å². The summed E-state index contributed by atoms with van der Waals surface area (Å²) in [6.07, 6.45) is 3.55. The first kappa shape index (κ1) is 17.1. The Morgan fingerprint density at radius 2 is 1.96 bits per heavy atom. The fourth-order valence-electron chi connectivity index (χ4n) is 1.89. The molecule has 1 N–H and O–H groups in total. The van der Waals surface area contributed by atoms with Gasteiger partial charge in [0.1, 0.15) is 0 Å². The molecule has 0 spiro atoms. The Labute approximate surface area is 135 Å². The van der Waals surface area contributed by atoms with Crippen molar-refractivity contribution < 1.29 is 8.42 Å². The summed E-state index contributed by atoms with van der Waals surface area (Å²) < 4.78 is 27.5. The van der Waals surface area contributed by atoms with Gasteiger partial charge in [-0.3, -0.25) is 4.79 Å². The van der Waals surface area contributed by atoms with E-state index in [0.717, 1.165) is 16.5 Å². The molecule has 0 amide bonds. The van der Waals surface area contributed by atoms with Crippen LogP contribution in [0.2, 0.25) is 0 Å². The minimum atomic E-state index is -3.49. The zero-order valence-electron chi connectivity index (χ0n) is 12.8. The SMILES string of the molecule is Cc1ccc(C=CS(=O)(=O)NCCCn2ncccc2=O)cc1. The van der Waals surface area contributed by atoms with Crippen molar-refractivity contribution in [3.05, 3.63) is 69.5 Å². The van der Waals surface area contributed by atoms with Crippen LogP contribution < -0.4 is 10.3 Å². The maximum Gasteiger partial charge on any atom is 0.266 e. The highest BCUT2D eigenvalue weighted by atomic mass is 32.2. The second-order valence-corrected chi connectivity index (χ2v) is 6.74. The number of hydrogen-bond donors (Lipinski definition) is 1. The van der Waals surface area contributed by atoms with E-state index in [-0.39, 0.29) is 12.1 Å². The highest BCUT2D eigenvalue weighted by molar-refractivity contribution is 7.92. The molecule has 0 aliphatic carbocycles. The summed E-state index contributed by atoms with van der Waals surface area (Å²) in [7, 11) is -3.49. The van der Waals surface area contributed by atoms with E-state index in [4.69, 9.17) is 0 Å². The number of benzene rings is 1. The van der Waals surface area contributed by atoms with Crippen LogP contribution in [0.15, 0.2) is 52.8 Å². The lowest BCUT2D eigenvalue weighted by atomic mass is 10.2. The van der Waals surface area contributed by atoms with Crippen LogP contribution in [0.25, 0.3) is 6.08 Å². The van der Waals surface area contributed by atoms with E-state index in [1.54, 1.807) is 12.1 Å². The third-order valence-corrected chi connectivity index (χ3v) is 4.25. The summed E-state index contributed by atoms with van der Waals surface area (Å²) in [6, 6.07) is 10.5. The molecule has 0 radical (unpaired) electrons. The van der Waals surface area contributed by atoms with Crippen LogP contribution >= 0.6 is 0 Å². The molecular weight excluding hydrogens is 314 g/mol. The van der Waals surface area contributed by atoms with Crippen LogP contribution in [0.5, 0.6) is 0 Å². The lowest BCUT2D eigenvalue weighted by Crippen LogP contribution is -2.26. The summed E-state index contributed by atoms with van der Waals surface area (Å²) in [5.74, 6) is 0. The molecule has 0 unspecified atom stereocenters. The summed E-state index contributed by atoms with van der Waals surface area (Å²) in [5.41, 5.74) is 1.74. The van der Waals surface area contributed by atoms with Gasteiger partial charge in [-0.15, -0.1) is 0 Å². The van der Waals surface area contributed by atoms with E-state index in [1.165, 1.54) is 16.9 Å². The molecule has 0 saturated heterocycles. The van der Waals surface area contributed by atoms with Crippen LogP contribution in [0.1, 0.15) is 17.5 Å². The van der Waals surface area contributed by atoms with Crippen LogP contribution in [0.4, 0.5) is 0 Å². The molecule has 0 saturated carbocycles. The molecule has 1 aromatic heterocycles. The molecule has 0 bridgehead atoms. The number of hydrogen-bond acceptors (Lipinski definition) is 4. The fourth-order valence-corrected chi connectivity index (χ4v) is 2.75. The van der Waals surface area contributed by atoms with Gasteiger partial charge in [0, 0.05) is 30.8 Å². The van der Waals surface area contributed by atoms with Crippen molar-refractivity contribution in [2.45, 2.75) is 19.9 Å². The molecule has 7 heteroatoms. The van der Waals surface area contributed by atoms with Crippen molar-refractivity contribution in [2.24, 2.45) is 0 Å². The Balaban J connectivity index is 1.83. The fraction of sp³-hybridized carbons (Fsp3) is 0.250. The lowest BCUT2D eigenvalue weighted by Gasteiger charge is -2.04. The van der Waals surface area contributed by atoms with E-state index in [2.05, 4.69) is 9.82 Å². The van der Waals surface area contributed by atoms with Gasteiger partial charge in [-0.05, 0) is 31.1 Å². The van der Waals surface area contributed by atoms with Gasteiger partial charge in [0.25, 0.3) is 5.56 Å². The van der Waals surface area contributed by atoms with Crippen LogP contribution in [0.3, 0.4) is 0 Å². The van der Waals surface area contributed by atoms with Crippen molar-refractivity contribution in [1.29, 1.82) is 0 Å². The number of aryl methyl sites for hydroxylation is 2. The second-order valence-electron chi connectivity index (χ2n) is 5.09. The summed E-state index contributed by atoms with van der Waals surface area (Å²) >= 11 is 0. The van der Waals surface area contributed by atoms with Crippen molar-refractivity contribution in [3.63, 3.8) is 0 Å².